The Morgan fingerprint density at radius 2 is 2.03 bits per heavy atom. The standard InChI is InChI=1S/C19H19F3N6O2/c1-11-17(13-6-5-12(10-14(13)29)19(20,21)22)25-26-18(23-11)24-15-7-8-28(27-15)16-4-2-3-9-30-16/h5-8,10,16,29H,2-4,9H2,1H3,(H,23,24,26,27). The molecule has 8 nitrogen and oxygen atoms in total. The fourth-order valence-corrected chi connectivity index (χ4v) is 3.23. The minimum Gasteiger partial charge on any atom is -0.507 e. The number of nitrogens with zero attached hydrogens (tertiary/aromatic N) is 5. The maximum Gasteiger partial charge on any atom is 0.416 e. The number of ether oxygens (including phenoxy) is 1. The number of alkyl halides is 3. The van der Waals surface area contributed by atoms with E-state index in [9.17, 15) is 18.3 Å². The maximum absolute atomic E-state index is 12.8. The monoisotopic (exact) mass is 420 g/mol. The number of aromatic hydroxyl groups is 1. The zero-order chi connectivity index (χ0) is 21.3. The number of rotatable bonds is 4. The zero-order valence-corrected chi connectivity index (χ0v) is 16.0. The van der Waals surface area contributed by atoms with E-state index in [0.29, 0.717) is 24.2 Å². The van der Waals surface area contributed by atoms with Crippen molar-refractivity contribution < 1.29 is 23.0 Å². The SMILES string of the molecule is Cc1nc(Nc2ccn(C3CCCCO3)n2)nnc1-c1ccc(C(F)(F)F)cc1O. The molecule has 11 heteroatoms. The Balaban J connectivity index is 1.52. The molecule has 1 aliphatic rings. The first-order chi connectivity index (χ1) is 14.3. The van der Waals surface area contributed by atoms with Crippen molar-refractivity contribution in [3.8, 4) is 17.0 Å². The van der Waals surface area contributed by atoms with Gasteiger partial charge in [0.15, 0.2) is 5.82 Å². The predicted molar refractivity (Wildman–Crippen MR) is 101 cm³/mol. The quantitative estimate of drug-likeness (QED) is 0.652. The van der Waals surface area contributed by atoms with Crippen LogP contribution in [0.25, 0.3) is 11.3 Å². The second-order valence-electron chi connectivity index (χ2n) is 6.93. The first-order valence-electron chi connectivity index (χ1n) is 9.37. The molecule has 0 radical (unpaired) electrons. The summed E-state index contributed by atoms with van der Waals surface area (Å²) in [5.41, 5.74) is -0.255. The number of nitrogens with one attached hydrogen (secondary N) is 1. The average Bonchev–Trinajstić information content (AvgIpc) is 3.17. The van der Waals surface area contributed by atoms with Gasteiger partial charge in [-0.25, -0.2) is 9.67 Å². The minimum absolute atomic E-state index is 0.0971. The fourth-order valence-electron chi connectivity index (χ4n) is 3.23. The van der Waals surface area contributed by atoms with E-state index in [4.69, 9.17) is 4.74 Å². The molecule has 1 aromatic carbocycles. The molecule has 3 heterocycles. The number of anilines is 2. The Morgan fingerprint density at radius 3 is 2.70 bits per heavy atom. The van der Waals surface area contributed by atoms with Gasteiger partial charge in [-0.05, 0) is 44.4 Å². The number of benzene rings is 1. The number of phenols is 1. The highest BCUT2D eigenvalue weighted by atomic mass is 19.4. The van der Waals surface area contributed by atoms with E-state index in [0.717, 1.165) is 31.4 Å². The first-order valence-corrected chi connectivity index (χ1v) is 9.37. The molecule has 158 valence electrons. The van der Waals surface area contributed by atoms with E-state index in [1.165, 1.54) is 0 Å². The second kappa shape index (κ2) is 7.90. The molecule has 2 N–H and O–H groups in total. The van der Waals surface area contributed by atoms with Crippen molar-refractivity contribution in [3.05, 3.63) is 41.7 Å². The maximum atomic E-state index is 12.8. The van der Waals surface area contributed by atoms with Crippen molar-refractivity contribution in [2.45, 2.75) is 38.6 Å². The van der Waals surface area contributed by atoms with Gasteiger partial charge in [0.25, 0.3) is 0 Å². The lowest BCUT2D eigenvalue weighted by molar-refractivity contribution is -0.137. The van der Waals surface area contributed by atoms with E-state index >= 15 is 0 Å². The lowest BCUT2D eigenvalue weighted by atomic mass is 10.1. The summed E-state index contributed by atoms with van der Waals surface area (Å²) in [4.78, 5) is 4.28. The van der Waals surface area contributed by atoms with E-state index in [-0.39, 0.29) is 23.4 Å². The van der Waals surface area contributed by atoms with Crippen molar-refractivity contribution in [1.82, 2.24) is 25.0 Å². The third-order valence-corrected chi connectivity index (χ3v) is 4.74. The number of aryl methyl sites for hydroxylation is 1. The van der Waals surface area contributed by atoms with Crippen molar-refractivity contribution in [2.75, 3.05) is 11.9 Å². The Kier molecular flexibility index (Phi) is 5.29. The van der Waals surface area contributed by atoms with Crippen LogP contribution >= 0.6 is 0 Å². The molecule has 0 amide bonds. The van der Waals surface area contributed by atoms with Gasteiger partial charge < -0.3 is 15.2 Å². The zero-order valence-electron chi connectivity index (χ0n) is 16.0. The third kappa shape index (κ3) is 4.20. The van der Waals surface area contributed by atoms with Crippen molar-refractivity contribution in [1.29, 1.82) is 0 Å². The molecule has 0 bridgehead atoms. The molecule has 1 aliphatic heterocycles. The van der Waals surface area contributed by atoms with E-state index in [2.05, 4.69) is 25.6 Å². The van der Waals surface area contributed by atoms with Gasteiger partial charge in [0, 0.05) is 24.4 Å². The van der Waals surface area contributed by atoms with Gasteiger partial charge in [-0.15, -0.1) is 10.2 Å². The summed E-state index contributed by atoms with van der Waals surface area (Å²) in [6.45, 7) is 2.33. The lowest BCUT2D eigenvalue weighted by Gasteiger charge is -2.22. The van der Waals surface area contributed by atoms with Crippen LogP contribution in [0.3, 0.4) is 0 Å². The van der Waals surface area contributed by atoms with Crippen LogP contribution in [0.4, 0.5) is 24.9 Å². The summed E-state index contributed by atoms with van der Waals surface area (Å²) >= 11 is 0. The van der Waals surface area contributed by atoms with Crippen LogP contribution in [0.1, 0.15) is 36.7 Å². The molecule has 1 fully saturated rings. The molecule has 0 aliphatic carbocycles. The molecule has 3 aromatic rings. The summed E-state index contributed by atoms with van der Waals surface area (Å²) in [7, 11) is 0. The van der Waals surface area contributed by atoms with Gasteiger partial charge in [0.1, 0.15) is 17.7 Å². The molecule has 30 heavy (non-hydrogen) atoms. The number of halogens is 3. The van der Waals surface area contributed by atoms with Crippen molar-refractivity contribution in [2.24, 2.45) is 0 Å². The molecular formula is C19H19F3N6O2. The highest BCUT2D eigenvalue weighted by molar-refractivity contribution is 5.69. The molecular weight excluding hydrogens is 401 g/mol. The van der Waals surface area contributed by atoms with Gasteiger partial charge in [-0.3, -0.25) is 0 Å². The summed E-state index contributed by atoms with van der Waals surface area (Å²) in [6.07, 6.45) is 0.173. The van der Waals surface area contributed by atoms with Gasteiger partial charge in [-0.1, -0.05) is 0 Å². The molecule has 4 rings (SSSR count). The Hall–Kier alpha value is -3.21. The van der Waals surface area contributed by atoms with Crippen LogP contribution in [0.5, 0.6) is 5.75 Å². The molecule has 0 saturated carbocycles. The Bertz CT molecular complexity index is 1050. The highest BCUT2D eigenvalue weighted by Crippen LogP contribution is 2.36. The van der Waals surface area contributed by atoms with Gasteiger partial charge in [-0.2, -0.15) is 18.3 Å². The summed E-state index contributed by atoms with van der Waals surface area (Å²) in [5, 5.41) is 25.4. The molecule has 1 atom stereocenters. The first kappa shape index (κ1) is 20.1. The van der Waals surface area contributed by atoms with Gasteiger partial charge in [0.2, 0.25) is 5.95 Å². The fraction of sp³-hybridized carbons (Fsp3) is 0.368. The predicted octanol–water partition coefficient (Wildman–Crippen LogP) is 4.21. The third-order valence-electron chi connectivity index (χ3n) is 4.74. The van der Waals surface area contributed by atoms with Crippen LogP contribution in [-0.2, 0) is 10.9 Å². The van der Waals surface area contributed by atoms with E-state index in [1.807, 2.05) is 0 Å². The minimum atomic E-state index is -4.55. The number of phenolic OH excluding ortho intramolecular Hbond substituents is 1. The smallest absolute Gasteiger partial charge is 0.416 e. The summed E-state index contributed by atoms with van der Waals surface area (Å²) < 4.78 is 45.8. The summed E-state index contributed by atoms with van der Waals surface area (Å²) in [6, 6.07) is 4.44. The van der Waals surface area contributed by atoms with Crippen LogP contribution in [0.2, 0.25) is 0 Å². The van der Waals surface area contributed by atoms with Gasteiger partial charge in [0.05, 0.1) is 11.3 Å². The highest BCUT2D eigenvalue weighted by Gasteiger charge is 2.31. The average molecular weight is 420 g/mol. The largest absolute Gasteiger partial charge is 0.507 e. The van der Waals surface area contributed by atoms with E-state index in [1.54, 1.807) is 23.9 Å². The number of aromatic nitrogens is 5. The normalized spacial score (nSPS) is 17.1. The van der Waals surface area contributed by atoms with Crippen molar-refractivity contribution >= 4 is 11.8 Å². The number of hydrogen-bond donors (Lipinski definition) is 2. The topological polar surface area (TPSA) is 98.0 Å². The summed E-state index contributed by atoms with van der Waals surface area (Å²) in [5.74, 6) is 0.143. The molecule has 0 spiro atoms. The molecule has 1 saturated heterocycles. The molecule has 1 unspecified atom stereocenters. The van der Waals surface area contributed by atoms with Crippen LogP contribution in [0.15, 0.2) is 30.5 Å². The van der Waals surface area contributed by atoms with Crippen LogP contribution in [0, 0.1) is 6.92 Å². The Labute approximate surface area is 169 Å². The van der Waals surface area contributed by atoms with Crippen molar-refractivity contribution in [3.63, 3.8) is 0 Å². The Morgan fingerprint density at radius 1 is 1.20 bits per heavy atom. The van der Waals surface area contributed by atoms with Crippen LogP contribution in [-0.4, -0.2) is 36.7 Å². The van der Waals surface area contributed by atoms with Crippen LogP contribution < -0.4 is 5.32 Å². The molecule has 2 aromatic heterocycles. The second-order valence-corrected chi connectivity index (χ2v) is 6.93. The number of hydrogen-bond acceptors (Lipinski definition) is 7. The lowest BCUT2D eigenvalue weighted by Crippen LogP contribution is -2.18. The van der Waals surface area contributed by atoms with E-state index < -0.39 is 17.5 Å². The van der Waals surface area contributed by atoms with Gasteiger partial charge >= 0.3 is 6.18 Å².